The zero-order valence-electron chi connectivity index (χ0n) is 11.3. The number of nitrogens with zero attached hydrogens (tertiary/aromatic N) is 1. The largest absolute Gasteiger partial charge is 0.337 e. The molecule has 1 fully saturated rings. The number of likely N-dealkylation sites (tertiary alicyclic amines) is 1. The van der Waals surface area contributed by atoms with Gasteiger partial charge >= 0.3 is 0 Å². The van der Waals surface area contributed by atoms with Crippen LogP contribution in [0.2, 0.25) is 0 Å². The lowest BCUT2D eigenvalue weighted by Gasteiger charge is -2.33. The van der Waals surface area contributed by atoms with Crippen LogP contribution in [0.1, 0.15) is 30.1 Å². The van der Waals surface area contributed by atoms with Crippen LogP contribution in [0.5, 0.6) is 0 Å². The molecule has 110 valence electrons. The van der Waals surface area contributed by atoms with E-state index in [1.54, 1.807) is 0 Å². The zero-order valence-corrected chi connectivity index (χ0v) is 11.3. The van der Waals surface area contributed by atoms with Crippen molar-refractivity contribution in [2.75, 3.05) is 19.6 Å². The maximum absolute atomic E-state index is 13.6. The second kappa shape index (κ2) is 6.26. The summed E-state index contributed by atoms with van der Waals surface area (Å²) in [6.45, 7) is 3.70. The quantitative estimate of drug-likeness (QED) is 0.865. The van der Waals surface area contributed by atoms with Crippen molar-refractivity contribution in [1.29, 1.82) is 0 Å². The van der Waals surface area contributed by atoms with E-state index >= 15 is 0 Å². The third-order valence-corrected chi connectivity index (χ3v) is 3.47. The lowest BCUT2D eigenvalue weighted by atomic mass is 10.0. The number of hydrogen-bond donors (Lipinski definition) is 1. The lowest BCUT2D eigenvalue weighted by Crippen LogP contribution is -2.48. The van der Waals surface area contributed by atoms with Crippen molar-refractivity contribution < 1.29 is 18.0 Å². The molecule has 1 atom stereocenters. The highest BCUT2D eigenvalue weighted by molar-refractivity contribution is 5.94. The number of likely N-dealkylation sites (N-methyl/N-ethyl adjacent to an activating group) is 1. The van der Waals surface area contributed by atoms with Crippen molar-refractivity contribution in [2.24, 2.45) is 0 Å². The Morgan fingerprint density at radius 3 is 2.80 bits per heavy atom. The molecule has 1 amide bonds. The molecule has 0 bridgehead atoms. The van der Waals surface area contributed by atoms with E-state index in [-0.39, 0.29) is 6.04 Å². The maximum atomic E-state index is 13.6. The molecule has 0 radical (unpaired) electrons. The Morgan fingerprint density at radius 1 is 1.35 bits per heavy atom. The van der Waals surface area contributed by atoms with Gasteiger partial charge in [0.1, 0.15) is 0 Å². The van der Waals surface area contributed by atoms with E-state index in [1.165, 1.54) is 4.90 Å². The van der Waals surface area contributed by atoms with E-state index in [2.05, 4.69) is 5.32 Å². The number of carbonyl (C=O) groups is 1. The van der Waals surface area contributed by atoms with Crippen LogP contribution in [0.3, 0.4) is 0 Å². The fourth-order valence-corrected chi connectivity index (χ4v) is 2.48. The summed E-state index contributed by atoms with van der Waals surface area (Å²) in [6, 6.07) is 1.93. The van der Waals surface area contributed by atoms with Crippen molar-refractivity contribution in [3.63, 3.8) is 0 Å². The van der Waals surface area contributed by atoms with Crippen molar-refractivity contribution >= 4 is 5.91 Å². The molecule has 0 aliphatic carbocycles. The van der Waals surface area contributed by atoms with Crippen molar-refractivity contribution in [3.05, 3.63) is 35.1 Å². The lowest BCUT2D eigenvalue weighted by molar-refractivity contribution is 0.0689. The Labute approximate surface area is 115 Å². The first kappa shape index (κ1) is 14.8. The fraction of sp³-hybridized carbons (Fsp3) is 0.500. The van der Waals surface area contributed by atoms with Gasteiger partial charge in [-0.1, -0.05) is 6.92 Å². The predicted molar refractivity (Wildman–Crippen MR) is 68.9 cm³/mol. The minimum Gasteiger partial charge on any atom is -0.337 e. The second-order valence-electron chi connectivity index (χ2n) is 4.87. The van der Waals surface area contributed by atoms with Crippen LogP contribution in [0.25, 0.3) is 0 Å². The molecule has 2 rings (SSSR count). The van der Waals surface area contributed by atoms with Gasteiger partial charge in [-0.15, -0.1) is 0 Å². The van der Waals surface area contributed by atoms with Crippen LogP contribution in [-0.2, 0) is 0 Å². The average molecular weight is 286 g/mol. The summed E-state index contributed by atoms with van der Waals surface area (Å²) in [5.41, 5.74) is -0.416. The number of amides is 1. The molecule has 20 heavy (non-hydrogen) atoms. The molecule has 1 N–H and O–H groups in total. The van der Waals surface area contributed by atoms with Gasteiger partial charge in [0.05, 0.1) is 5.56 Å². The molecule has 6 heteroatoms. The van der Waals surface area contributed by atoms with Crippen LogP contribution in [0.15, 0.2) is 12.1 Å². The number of hydrogen-bond acceptors (Lipinski definition) is 2. The number of rotatable bonds is 3. The molecule has 0 saturated carbocycles. The molecular weight excluding hydrogens is 269 g/mol. The summed E-state index contributed by atoms with van der Waals surface area (Å²) in [7, 11) is 0. The number of halogens is 3. The third-order valence-electron chi connectivity index (χ3n) is 3.47. The van der Waals surface area contributed by atoms with Gasteiger partial charge in [-0.05, 0) is 31.5 Å². The Hall–Kier alpha value is -1.56. The fourth-order valence-electron chi connectivity index (χ4n) is 2.48. The van der Waals surface area contributed by atoms with Gasteiger partial charge in [-0.2, -0.15) is 0 Å². The molecule has 1 aliphatic rings. The van der Waals surface area contributed by atoms with Crippen LogP contribution in [-0.4, -0.2) is 36.5 Å². The molecule has 0 spiro atoms. The van der Waals surface area contributed by atoms with Crippen molar-refractivity contribution in [3.8, 4) is 0 Å². The molecular formula is C14H17F3N2O. The summed E-state index contributed by atoms with van der Waals surface area (Å²) < 4.78 is 39.7. The van der Waals surface area contributed by atoms with E-state index in [4.69, 9.17) is 0 Å². The van der Waals surface area contributed by atoms with Crippen molar-refractivity contribution in [2.45, 2.75) is 25.8 Å². The molecule has 1 aliphatic heterocycles. The Kier molecular flexibility index (Phi) is 4.65. The summed E-state index contributed by atoms with van der Waals surface area (Å²) in [6.07, 6.45) is 1.74. The Balaban J connectivity index is 2.17. The average Bonchev–Trinajstić information content (AvgIpc) is 2.45. The molecule has 3 nitrogen and oxygen atoms in total. The minimum absolute atomic E-state index is 0.158. The first-order valence-corrected chi connectivity index (χ1v) is 6.70. The minimum atomic E-state index is -1.60. The SMILES string of the molecule is CCNC1CCCN(C(=O)c2ccc(F)c(F)c2F)C1. The predicted octanol–water partition coefficient (Wildman–Crippen LogP) is 2.32. The van der Waals surface area contributed by atoms with Gasteiger partial charge in [-0.25, -0.2) is 13.2 Å². The van der Waals surface area contributed by atoms with E-state index in [0.717, 1.165) is 31.5 Å². The van der Waals surface area contributed by atoms with E-state index in [1.807, 2.05) is 6.92 Å². The summed E-state index contributed by atoms with van der Waals surface area (Å²) >= 11 is 0. The highest BCUT2D eigenvalue weighted by Gasteiger charge is 2.27. The molecule has 1 unspecified atom stereocenters. The highest BCUT2D eigenvalue weighted by atomic mass is 19.2. The number of piperidine rings is 1. The van der Waals surface area contributed by atoms with Gasteiger partial charge in [0.25, 0.3) is 5.91 Å². The second-order valence-corrected chi connectivity index (χ2v) is 4.87. The Bertz CT molecular complexity index is 505. The van der Waals surface area contributed by atoms with E-state index < -0.39 is 28.9 Å². The van der Waals surface area contributed by atoms with Gasteiger partial charge in [0.2, 0.25) is 0 Å². The first-order valence-electron chi connectivity index (χ1n) is 6.70. The van der Waals surface area contributed by atoms with Crippen LogP contribution in [0, 0.1) is 17.5 Å². The monoisotopic (exact) mass is 286 g/mol. The highest BCUT2D eigenvalue weighted by Crippen LogP contribution is 2.19. The zero-order chi connectivity index (χ0) is 14.7. The van der Waals surface area contributed by atoms with Crippen LogP contribution >= 0.6 is 0 Å². The van der Waals surface area contributed by atoms with Gasteiger partial charge in [0, 0.05) is 19.1 Å². The molecule has 0 aromatic heterocycles. The third kappa shape index (κ3) is 2.95. The molecule has 1 saturated heterocycles. The Morgan fingerprint density at radius 2 is 2.10 bits per heavy atom. The smallest absolute Gasteiger partial charge is 0.256 e. The van der Waals surface area contributed by atoms with Gasteiger partial charge in [0.15, 0.2) is 17.5 Å². The number of carbonyl (C=O) groups excluding carboxylic acids is 1. The molecule has 1 heterocycles. The first-order chi connectivity index (χ1) is 9.54. The standard InChI is InChI=1S/C14H17F3N2O/c1-2-18-9-4-3-7-19(8-9)14(20)10-5-6-11(15)13(17)12(10)16/h5-6,9,18H,2-4,7-8H2,1H3. The van der Waals surface area contributed by atoms with Crippen molar-refractivity contribution in [1.82, 2.24) is 10.2 Å². The van der Waals surface area contributed by atoms with E-state index in [0.29, 0.717) is 13.1 Å². The van der Waals surface area contributed by atoms with Crippen LogP contribution < -0.4 is 5.32 Å². The molecule has 1 aromatic rings. The van der Waals surface area contributed by atoms with Gasteiger partial charge < -0.3 is 10.2 Å². The normalized spacial score (nSPS) is 19.2. The topological polar surface area (TPSA) is 32.3 Å². The number of benzene rings is 1. The molecule has 1 aromatic carbocycles. The summed E-state index contributed by atoms with van der Waals surface area (Å²) in [4.78, 5) is 13.7. The summed E-state index contributed by atoms with van der Waals surface area (Å²) in [5, 5.41) is 3.23. The van der Waals surface area contributed by atoms with Crippen LogP contribution in [0.4, 0.5) is 13.2 Å². The summed E-state index contributed by atoms with van der Waals surface area (Å²) in [5.74, 6) is -4.90. The number of nitrogens with one attached hydrogen (secondary N) is 1. The maximum Gasteiger partial charge on any atom is 0.256 e. The van der Waals surface area contributed by atoms with Gasteiger partial charge in [-0.3, -0.25) is 4.79 Å². The van der Waals surface area contributed by atoms with E-state index in [9.17, 15) is 18.0 Å².